The van der Waals surface area contributed by atoms with Crippen LogP contribution in [0.3, 0.4) is 0 Å². The average Bonchev–Trinajstić information content (AvgIpc) is 2.92. The molecule has 0 aliphatic rings. The Bertz CT molecular complexity index is 1100. The Balaban J connectivity index is 1.55. The molecule has 2 amide bonds. The molecule has 0 saturated carbocycles. The Morgan fingerprint density at radius 3 is 2.05 bits per heavy atom. The van der Waals surface area contributed by atoms with Gasteiger partial charge in [-0.25, -0.2) is 0 Å². The molecule has 0 aromatic heterocycles. The number of carbonyl (C=O) groups excluding carboxylic acids is 2. The number of rotatable bonds is 15. The summed E-state index contributed by atoms with van der Waals surface area (Å²) in [7, 11) is 0. The molecule has 0 spiro atoms. The van der Waals surface area contributed by atoms with Crippen LogP contribution < -0.4 is 26.4 Å². The van der Waals surface area contributed by atoms with Crippen molar-refractivity contribution in [3.05, 3.63) is 102 Å². The van der Waals surface area contributed by atoms with Crippen LogP contribution in [0.4, 0.5) is 0 Å². The molecule has 7 heteroatoms. The van der Waals surface area contributed by atoms with E-state index in [4.69, 9.17) is 10.5 Å². The molecule has 2 unspecified atom stereocenters. The normalized spacial score (nSPS) is 12.5. The van der Waals surface area contributed by atoms with Gasteiger partial charge in [-0.15, -0.1) is 0 Å². The summed E-state index contributed by atoms with van der Waals surface area (Å²) in [5.41, 5.74) is 9.27. The molecule has 3 rings (SSSR count). The Hall–Kier alpha value is -3.68. The van der Waals surface area contributed by atoms with Crippen molar-refractivity contribution in [3.63, 3.8) is 0 Å². The van der Waals surface area contributed by atoms with Gasteiger partial charge in [-0.05, 0) is 41.2 Å². The first-order chi connectivity index (χ1) is 18.4. The second kappa shape index (κ2) is 15.5. The zero-order chi connectivity index (χ0) is 27.2. The molecule has 38 heavy (non-hydrogen) atoms. The number of nitrogens with one attached hydrogen (secondary N) is 3. The molecule has 5 N–H and O–H groups in total. The van der Waals surface area contributed by atoms with Crippen molar-refractivity contribution >= 4 is 11.8 Å². The van der Waals surface area contributed by atoms with Crippen LogP contribution in [0.1, 0.15) is 37.0 Å². The van der Waals surface area contributed by atoms with E-state index in [1.165, 1.54) is 5.56 Å². The van der Waals surface area contributed by atoms with Crippen LogP contribution in [-0.2, 0) is 29.2 Å². The molecule has 3 aromatic rings. The van der Waals surface area contributed by atoms with Gasteiger partial charge in [-0.1, -0.05) is 86.6 Å². The van der Waals surface area contributed by atoms with E-state index in [-0.39, 0.29) is 17.7 Å². The number of hydrogen-bond acceptors (Lipinski definition) is 5. The van der Waals surface area contributed by atoms with Gasteiger partial charge in [0.2, 0.25) is 11.8 Å². The van der Waals surface area contributed by atoms with E-state index < -0.39 is 12.1 Å². The number of ether oxygens (including phenoxy) is 1. The Labute approximate surface area is 226 Å². The highest BCUT2D eigenvalue weighted by atomic mass is 16.5. The van der Waals surface area contributed by atoms with Gasteiger partial charge in [-0.3, -0.25) is 9.59 Å². The summed E-state index contributed by atoms with van der Waals surface area (Å²) in [5.74, 6) is 0.470. The highest BCUT2D eigenvalue weighted by Crippen LogP contribution is 2.16. The molecule has 3 aromatic carbocycles. The molecular weight excluding hydrogens is 476 g/mol. The molecular formula is C31H40N4O3. The third-order valence-corrected chi connectivity index (χ3v) is 6.08. The van der Waals surface area contributed by atoms with Crippen LogP contribution in [-0.4, -0.2) is 37.0 Å². The molecule has 2 atom stereocenters. The van der Waals surface area contributed by atoms with Crippen LogP contribution in [0.5, 0.6) is 5.75 Å². The van der Waals surface area contributed by atoms with Crippen LogP contribution in [0.15, 0.2) is 84.9 Å². The Kier molecular flexibility index (Phi) is 11.8. The minimum Gasteiger partial charge on any atom is -0.489 e. The maximum Gasteiger partial charge on any atom is 0.242 e. The fraction of sp³-hybridized carbons (Fsp3) is 0.355. The highest BCUT2D eigenvalue weighted by Gasteiger charge is 2.24. The molecule has 0 heterocycles. The van der Waals surface area contributed by atoms with Crippen LogP contribution in [0.25, 0.3) is 0 Å². The fourth-order valence-corrected chi connectivity index (χ4v) is 4.03. The lowest BCUT2D eigenvalue weighted by Gasteiger charge is -2.22. The van der Waals surface area contributed by atoms with E-state index in [2.05, 4.69) is 28.1 Å². The van der Waals surface area contributed by atoms with Gasteiger partial charge < -0.3 is 26.4 Å². The average molecular weight is 517 g/mol. The van der Waals surface area contributed by atoms with E-state index >= 15 is 0 Å². The van der Waals surface area contributed by atoms with E-state index in [9.17, 15) is 9.59 Å². The lowest BCUT2D eigenvalue weighted by Crippen LogP contribution is -2.53. The van der Waals surface area contributed by atoms with Crippen LogP contribution >= 0.6 is 0 Å². The van der Waals surface area contributed by atoms with Gasteiger partial charge in [0.1, 0.15) is 18.4 Å². The van der Waals surface area contributed by atoms with Gasteiger partial charge in [-0.2, -0.15) is 0 Å². The van der Waals surface area contributed by atoms with Gasteiger partial charge in [0.25, 0.3) is 0 Å². The first-order valence-electron chi connectivity index (χ1n) is 13.2. The van der Waals surface area contributed by atoms with Crippen LogP contribution in [0, 0.1) is 5.92 Å². The summed E-state index contributed by atoms with van der Waals surface area (Å²) in [6, 6.07) is 26.3. The zero-order valence-corrected chi connectivity index (χ0v) is 22.4. The maximum atomic E-state index is 13.1. The largest absolute Gasteiger partial charge is 0.489 e. The van der Waals surface area contributed by atoms with Crippen molar-refractivity contribution in [3.8, 4) is 5.75 Å². The molecule has 202 valence electrons. The van der Waals surface area contributed by atoms with Crippen molar-refractivity contribution in [1.29, 1.82) is 0 Å². The predicted molar refractivity (Wildman–Crippen MR) is 151 cm³/mol. The molecule has 0 bridgehead atoms. The first-order valence-corrected chi connectivity index (χ1v) is 13.2. The summed E-state index contributed by atoms with van der Waals surface area (Å²) in [4.78, 5) is 25.8. The van der Waals surface area contributed by atoms with Crippen LogP contribution in [0.2, 0.25) is 0 Å². The monoisotopic (exact) mass is 516 g/mol. The topological polar surface area (TPSA) is 105 Å². The number of nitrogens with two attached hydrogens (primary N) is 1. The summed E-state index contributed by atoms with van der Waals surface area (Å²) in [5, 5.41) is 9.13. The third kappa shape index (κ3) is 10.4. The minimum absolute atomic E-state index is 0.235. The van der Waals surface area contributed by atoms with Crippen molar-refractivity contribution in [2.24, 2.45) is 11.7 Å². The molecule has 0 aliphatic heterocycles. The Morgan fingerprint density at radius 2 is 1.42 bits per heavy atom. The van der Waals surface area contributed by atoms with E-state index in [0.717, 1.165) is 23.4 Å². The first kappa shape index (κ1) is 28.9. The van der Waals surface area contributed by atoms with Crippen molar-refractivity contribution in [2.45, 2.75) is 51.9 Å². The van der Waals surface area contributed by atoms with E-state index in [0.29, 0.717) is 32.5 Å². The summed E-state index contributed by atoms with van der Waals surface area (Å²) in [6.07, 6.45) is 0.902. The quantitative estimate of drug-likeness (QED) is 0.231. The smallest absolute Gasteiger partial charge is 0.242 e. The van der Waals surface area contributed by atoms with E-state index in [1.54, 1.807) is 0 Å². The predicted octanol–water partition coefficient (Wildman–Crippen LogP) is 3.57. The number of benzene rings is 3. The molecule has 0 fully saturated rings. The molecule has 0 saturated heterocycles. The molecule has 0 radical (unpaired) electrons. The number of hydrogen-bond donors (Lipinski definition) is 4. The number of carbonyl (C=O) groups is 2. The maximum absolute atomic E-state index is 13.1. The second-order valence-corrected chi connectivity index (χ2v) is 9.87. The lowest BCUT2D eigenvalue weighted by atomic mass is 10.0. The summed E-state index contributed by atoms with van der Waals surface area (Å²) in [6.45, 7) is 6.29. The van der Waals surface area contributed by atoms with Crippen molar-refractivity contribution < 1.29 is 14.3 Å². The highest BCUT2D eigenvalue weighted by molar-refractivity contribution is 5.89. The van der Waals surface area contributed by atoms with E-state index in [1.807, 2.05) is 86.6 Å². The fourth-order valence-electron chi connectivity index (χ4n) is 4.03. The molecule has 0 aliphatic carbocycles. The van der Waals surface area contributed by atoms with Gasteiger partial charge in [0, 0.05) is 26.1 Å². The Morgan fingerprint density at radius 1 is 0.789 bits per heavy atom. The second-order valence-electron chi connectivity index (χ2n) is 9.87. The van der Waals surface area contributed by atoms with Crippen molar-refractivity contribution in [2.75, 3.05) is 13.1 Å². The van der Waals surface area contributed by atoms with Gasteiger partial charge in [0.05, 0.1) is 6.04 Å². The number of amides is 2. The molecule has 7 nitrogen and oxygen atoms in total. The van der Waals surface area contributed by atoms with Gasteiger partial charge >= 0.3 is 0 Å². The standard InChI is InChI=1S/C31H40N4O3/c1-23(2)19-28(32)30(36)35-29(31(37)34-18-17-33-21-25-9-5-3-6-10-25)20-24-13-15-27(16-14-24)38-22-26-11-7-4-8-12-26/h3-16,23,28-29,33H,17-22,32H2,1-2H3,(H,34,37)(H,35,36). The zero-order valence-electron chi connectivity index (χ0n) is 22.4. The van der Waals surface area contributed by atoms with Crippen molar-refractivity contribution in [1.82, 2.24) is 16.0 Å². The summed E-state index contributed by atoms with van der Waals surface area (Å²) >= 11 is 0. The SMILES string of the molecule is CC(C)CC(N)C(=O)NC(Cc1ccc(OCc2ccccc2)cc1)C(=O)NCCNCc1ccccc1. The summed E-state index contributed by atoms with van der Waals surface area (Å²) < 4.78 is 5.87. The minimum atomic E-state index is -0.731. The lowest BCUT2D eigenvalue weighted by molar-refractivity contribution is -0.129. The van der Waals surface area contributed by atoms with Gasteiger partial charge in [0.15, 0.2) is 0 Å². The third-order valence-electron chi connectivity index (χ3n) is 6.08.